The van der Waals surface area contributed by atoms with Crippen LogP contribution in [0.5, 0.6) is 0 Å². The van der Waals surface area contributed by atoms with Crippen LogP contribution in [0.25, 0.3) is 0 Å². The van der Waals surface area contributed by atoms with Crippen LogP contribution in [0, 0.1) is 11.8 Å². The Hall–Kier alpha value is -4.13. The molecule has 12 nitrogen and oxygen atoms in total. The average Bonchev–Trinajstić information content (AvgIpc) is 3.92. The van der Waals surface area contributed by atoms with Gasteiger partial charge in [-0.25, -0.2) is 0 Å². The zero-order chi connectivity index (χ0) is 37.7. The smallest absolute Gasteiger partial charge is 0.323 e. The van der Waals surface area contributed by atoms with Gasteiger partial charge in [0, 0.05) is 43.8 Å². The van der Waals surface area contributed by atoms with Crippen LogP contribution in [0.1, 0.15) is 82.8 Å². The first-order chi connectivity index (χ1) is 24.9. The minimum atomic E-state index is -1.38. The van der Waals surface area contributed by atoms with Crippen molar-refractivity contribution in [2.45, 2.75) is 101 Å². The highest BCUT2D eigenvalue weighted by molar-refractivity contribution is 5.95. The van der Waals surface area contributed by atoms with Gasteiger partial charge < -0.3 is 37.4 Å². The molecule has 0 unspecified atom stereocenters. The van der Waals surface area contributed by atoms with Gasteiger partial charge in [-0.2, -0.15) is 0 Å². The number of hydrogen-bond acceptors (Lipinski definition) is 8. The maximum atomic E-state index is 14.0. The van der Waals surface area contributed by atoms with Gasteiger partial charge >= 0.3 is 5.97 Å². The first kappa shape index (κ1) is 40.6. The number of amides is 3. The lowest BCUT2D eigenvalue weighted by molar-refractivity contribution is -0.149. The Morgan fingerprint density at radius 1 is 0.865 bits per heavy atom. The number of unbranched alkanes of at least 4 members (excludes halogenated alkanes) is 1. The topological polar surface area (TPSA) is 197 Å². The third-order valence-electron chi connectivity index (χ3n) is 10.5. The highest BCUT2D eigenvalue weighted by Crippen LogP contribution is 2.47. The van der Waals surface area contributed by atoms with E-state index in [1.807, 2.05) is 62.4 Å². The molecule has 12 heteroatoms. The first-order valence-corrected chi connectivity index (χ1v) is 18.8. The maximum Gasteiger partial charge on any atom is 0.323 e. The molecule has 284 valence electrons. The summed E-state index contributed by atoms with van der Waals surface area (Å²) in [6, 6.07) is 17.9. The molecule has 2 fully saturated rings. The van der Waals surface area contributed by atoms with Gasteiger partial charge in [-0.05, 0) is 68.5 Å². The molecule has 0 aromatic heterocycles. The number of likely N-dealkylation sites (tertiary alicyclic amines) is 1. The first-order valence-electron chi connectivity index (χ1n) is 18.8. The number of hydrogen-bond donors (Lipinski definition) is 6. The van der Waals surface area contributed by atoms with Crippen LogP contribution in [0.15, 0.2) is 60.7 Å². The maximum absolute atomic E-state index is 14.0. The van der Waals surface area contributed by atoms with Crippen molar-refractivity contribution in [3.05, 3.63) is 71.8 Å². The molecular formula is C40H58N6O6. The number of carboxylic acid groups (broad SMARTS) is 1. The summed E-state index contributed by atoms with van der Waals surface area (Å²) >= 11 is 0. The van der Waals surface area contributed by atoms with Crippen molar-refractivity contribution in [1.29, 1.82) is 0 Å². The van der Waals surface area contributed by atoms with Crippen molar-refractivity contribution in [1.82, 2.24) is 20.9 Å². The molecule has 0 radical (unpaired) electrons. The van der Waals surface area contributed by atoms with Crippen molar-refractivity contribution < 1.29 is 29.1 Å². The summed E-state index contributed by atoms with van der Waals surface area (Å²) in [6.45, 7) is 5.46. The Morgan fingerprint density at radius 2 is 1.50 bits per heavy atom. The van der Waals surface area contributed by atoms with E-state index >= 15 is 0 Å². The number of benzene rings is 2. The van der Waals surface area contributed by atoms with Gasteiger partial charge in [0.05, 0.1) is 12.6 Å². The minimum Gasteiger partial charge on any atom is -0.480 e. The van der Waals surface area contributed by atoms with E-state index < -0.39 is 35.4 Å². The number of nitrogens with zero attached hydrogens (tertiary/aromatic N) is 1. The molecule has 1 heterocycles. The third-order valence-corrected chi connectivity index (χ3v) is 10.5. The SMILES string of the molecule is CC(C)C[C@@H](NC(=O)[C@@H](Cc1ccccc1)NC(=O)CNCC1(c2ccccc2)CC1)C(=O)C[C@H](CCCCN)C(=O)N1CCC(N)(C(=O)O)CC1. The molecule has 2 aliphatic rings. The Morgan fingerprint density at radius 3 is 2.08 bits per heavy atom. The van der Waals surface area contributed by atoms with E-state index in [1.165, 1.54) is 5.56 Å². The fraction of sp³-hybridized carbons (Fsp3) is 0.575. The standard InChI is InChI=1S/C40H58N6O6/c1-28(2)23-32(34(47)25-30(13-9-10-20-41)37(50)46-21-18-40(42,19-22-46)38(51)52)45-36(49)33(24-29-11-5-3-6-12-29)44-35(48)26-43-27-39(16-17-39)31-14-7-4-8-15-31/h3-8,11-12,14-15,28,30,32-33,43H,9-10,13,16-27,41-42H2,1-2H3,(H,44,48)(H,45,49)(H,51,52)/t30-,32+,33+/m0/s1. The second kappa shape index (κ2) is 19.1. The van der Waals surface area contributed by atoms with E-state index in [1.54, 1.807) is 4.90 Å². The van der Waals surface area contributed by atoms with E-state index in [-0.39, 0.29) is 74.2 Å². The van der Waals surface area contributed by atoms with Crippen LogP contribution in [-0.2, 0) is 35.8 Å². The Balaban J connectivity index is 1.42. The Bertz CT molecular complexity index is 1490. The minimum absolute atomic E-state index is 0.0256. The summed E-state index contributed by atoms with van der Waals surface area (Å²) in [5.41, 5.74) is 12.5. The normalized spacial score (nSPS) is 17.8. The van der Waals surface area contributed by atoms with Crippen LogP contribution in [0.4, 0.5) is 0 Å². The molecule has 1 aliphatic carbocycles. The Labute approximate surface area is 307 Å². The number of carbonyl (C=O) groups excluding carboxylic acids is 4. The predicted molar refractivity (Wildman–Crippen MR) is 200 cm³/mol. The lowest BCUT2D eigenvalue weighted by Gasteiger charge is -2.38. The zero-order valence-corrected chi connectivity index (χ0v) is 30.8. The number of Topliss-reactive ketones (excluding diaryl/α,β-unsaturated/α-hetero) is 1. The monoisotopic (exact) mass is 718 g/mol. The van der Waals surface area contributed by atoms with Gasteiger partial charge in [-0.3, -0.25) is 24.0 Å². The zero-order valence-electron chi connectivity index (χ0n) is 30.8. The van der Waals surface area contributed by atoms with Crippen molar-refractivity contribution in [3.8, 4) is 0 Å². The summed E-state index contributed by atoms with van der Waals surface area (Å²) in [6.07, 6.45) is 4.66. The van der Waals surface area contributed by atoms with Gasteiger partial charge in [-0.15, -0.1) is 0 Å². The lowest BCUT2D eigenvalue weighted by Crippen LogP contribution is -2.57. The summed E-state index contributed by atoms with van der Waals surface area (Å²) in [4.78, 5) is 68.2. The molecule has 3 atom stereocenters. The molecule has 1 saturated heterocycles. The van der Waals surface area contributed by atoms with E-state index in [9.17, 15) is 29.1 Å². The number of carboxylic acids is 1. The van der Waals surface area contributed by atoms with Crippen LogP contribution in [0.2, 0.25) is 0 Å². The van der Waals surface area contributed by atoms with E-state index in [4.69, 9.17) is 11.5 Å². The highest BCUT2D eigenvalue weighted by atomic mass is 16.4. The molecule has 4 rings (SSSR count). The fourth-order valence-electron chi connectivity index (χ4n) is 7.08. The number of nitrogens with two attached hydrogens (primary N) is 2. The number of rotatable bonds is 21. The molecule has 8 N–H and O–H groups in total. The second-order valence-corrected chi connectivity index (χ2v) is 15.2. The molecule has 1 aliphatic heterocycles. The summed E-state index contributed by atoms with van der Waals surface area (Å²) in [5, 5.41) is 18.7. The fourth-order valence-corrected chi connectivity index (χ4v) is 7.08. The Kier molecular flexibility index (Phi) is 14.9. The summed E-state index contributed by atoms with van der Waals surface area (Å²) in [5.74, 6) is -2.92. The molecule has 2 aromatic carbocycles. The van der Waals surface area contributed by atoms with Crippen molar-refractivity contribution in [3.63, 3.8) is 0 Å². The molecule has 52 heavy (non-hydrogen) atoms. The van der Waals surface area contributed by atoms with E-state index in [0.29, 0.717) is 38.8 Å². The van der Waals surface area contributed by atoms with Crippen LogP contribution >= 0.6 is 0 Å². The average molecular weight is 719 g/mol. The molecule has 3 amide bonds. The highest BCUT2D eigenvalue weighted by Gasteiger charge is 2.44. The van der Waals surface area contributed by atoms with E-state index in [0.717, 1.165) is 18.4 Å². The predicted octanol–water partition coefficient (Wildman–Crippen LogP) is 2.68. The summed E-state index contributed by atoms with van der Waals surface area (Å²) < 4.78 is 0. The van der Waals surface area contributed by atoms with Crippen molar-refractivity contribution in [2.24, 2.45) is 23.3 Å². The lowest BCUT2D eigenvalue weighted by atomic mass is 9.86. The second-order valence-electron chi connectivity index (χ2n) is 15.2. The largest absolute Gasteiger partial charge is 0.480 e. The molecule has 2 aromatic rings. The van der Waals surface area contributed by atoms with Crippen LogP contribution in [-0.4, -0.2) is 89.8 Å². The van der Waals surface area contributed by atoms with Gasteiger partial charge in [0.2, 0.25) is 17.7 Å². The number of nitrogens with one attached hydrogen (secondary N) is 3. The van der Waals surface area contributed by atoms with Crippen molar-refractivity contribution >= 4 is 29.5 Å². The molecular weight excluding hydrogens is 660 g/mol. The number of piperidine rings is 1. The van der Waals surface area contributed by atoms with Gasteiger partial charge in [0.15, 0.2) is 5.78 Å². The van der Waals surface area contributed by atoms with E-state index in [2.05, 4.69) is 28.1 Å². The van der Waals surface area contributed by atoms with Gasteiger partial charge in [0.1, 0.15) is 11.6 Å². The van der Waals surface area contributed by atoms with Crippen LogP contribution < -0.4 is 27.4 Å². The third kappa shape index (κ3) is 11.7. The quantitative estimate of drug-likeness (QED) is 0.105. The molecule has 0 bridgehead atoms. The molecule has 1 saturated carbocycles. The van der Waals surface area contributed by atoms with Gasteiger partial charge in [0.25, 0.3) is 0 Å². The van der Waals surface area contributed by atoms with Crippen molar-refractivity contribution in [2.75, 3.05) is 32.7 Å². The number of ketones is 1. The number of carbonyl (C=O) groups is 5. The van der Waals surface area contributed by atoms with Gasteiger partial charge in [-0.1, -0.05) is 80.9 Å². The van der Waals surface area contributed by atoms with Crippen LogP contribution in [0.3, 0.4) is 0 Å². The number of aliphatic carboxylic acids is 1. The summed E-state index contributed by atoms with van der Waals surface area (Å²) in [7, 11) is 0. The molecule has 0 spiro atoms.